The first-order chi connectivity index (χ1) is 13.0. The van der Waals surface area contributed by atoms with Gasteiger partial charge in [-0.15, -0.1) is 0 Å². The van der Waals surface area contributed by atoms with E-state index in [1.54, 1.807) is 12.1 Å². The Labute approximate surface area is 159 Å². The first-order valence-corrected chi connectivity index (χ1v) is 10.2. The topological polar surface area (TPSA) is 78.5 Å². The summed E-state index contributed by atoms with van der Waals surface area (Å²) in [6.45, 7) is 4.86. The molecule has 7 heteroatoms. The van der Waals surface area contributed by atoms with Crippen LogP contribution in [-0.4, -0.2) is 44.3 Å². The first kappa shape index (κ1) is 19.3. The molecule has 2 aromatic carbocycles. The summed E-state index contributed by atoms with van der Waals surface area (Å²) in [6, 6.07) is 16.3. The van der Waals surface area contributed by atoms with Gasteiger partial charge in [-0.2, -0.15) is 4.31 Å². The Balaban J connectivity index is 1.70. The number of hydrogen-bond donors (Lipinski definition) is 2. The van der Waals surface area contributed by atoms with Gasteiger partial charge < -0.3 is 10.6 Å². The highest BCUT2D eigenvalue weighted by Crippen LogP contribution is 2.20. The van der Waals surface area contributed by atoms with Gasteiger partial charge in [0.1, 0.15) is 0 Å². The van der Waals surface area contributed by atoms with Crippen molar-refractivity contribution in [1.29, 1.82) is 0 Å². The highest BCUT2D eigenvalue weighted by Gasteiger charge is 2.30. The highest BCUT2D eigenvalue weighted by atomic mass is 32.2. The number of piperazine rings is 1. The Morgan fingerprint density at radius 3 is 2.56 bits per heavy atom. The van der Waals surface area contributed by atoms with Gasteiger partial charge in [-0.3, -0.25) is 4.79 Å². The number of sulfonamides is 1. The minimum Gasteiger partial charge on any atom is -0.323 e. The number of anilines is 1. The van der Waals surface area contributed by atoms with Crippen LogP contribution in [0.2, 0.25) is 0 Å². The third kappa shape index (κ3) is 4.82. The minimum atomic E-state index is -3.58. The molecular formula is C20H23N3O3S. The summed E-state index contributed by atoms with van der Waals surface area (Å²) >= 11 is 0. The summed E-state index contributed by atoms with van der Waals surface area (Å²) in [5, 5.41) is 6.00. The van der Waals surface area contributed by atoms with Gasteiger partial charge in [0, 0.05) is 31.4 Å². The third-order valence-electron chi connectivity index (χ3n) is 4.49. The van der Waals surface area contributed by atoms with Crippen LogP contribution in [0, 0.1) is 0 Å². The molecule has 0 unspecified atom stereocenters. The van der Waals surface area contributed by atoms with Crippen molar-refractivity contribution >= 4 is 21.6 Å². The number of rotatable bonds is 6. The summed E-state index contributed by atoms with van der Waals surface area (Å²) in [7, 11) is -3.58. The van der Waals surface area contributed by atoms with Gasteiger partial charge >= 0.3 is 0 Å². The Hall–Kier alpha value is -2.48. The summed E-state index contributed by atoms with van der Waals surface area (Å²) in [6.07, 6.45) is 1.94. The maximum absolute atomic E-state index is 13.0. The fourth-order valence-electron chi connectivity index (χ4n) is 3.10. The maximum Gasteiger partial charge on any atom is 0.247 e. The number of nitrogens with one attached hydrogen (secondary N) is 2. The van der Waals surface area contributed by atoms with Crippen molar-refractivity contribution in [2.45, 2.75) is 17.4 Å². The van der Waals surface area contributed by atoms with E-state index in [4.69, 9.17) is 0 Å². The van der Waals surface area contributed by atoms with E-state index in [0.717, 1.165) is 12.5 Å². The van der Waals surface area contributed by atoms with Gasteiger partial charge in [-0.05, 0) is 42.3 Å². The van der Waals surface area contributed by atoms with E-state index in [1.165, 1.54) is 22.0 Å². The summed E-state index contributed by atoms with van der Waals surface area (Å²) in [5.74, 6) is -0.337. The second kappa shape index (κ2) is 8.47. The van der Waals surface area contributed by atoms with Crippen molar-refractivity contribution in [3.8, 4) is 0 Å². The minimum absolute atomic E-state index is 0.0714. The second-order valence-electron chi connectivity index (χ2n) is 6.42. The quantitative estimate of drug-likeness (QED) is 0.746. The molecule has 1 amide bonds. The molecule has 1 atom stereocenters. The standard InChI is InChI=1S/C20H23N3O3S/c1-2-20(24)22-17-8-10-19(11-9-17)27(25,26)23-13-12-21-18(15-23)14-16-6-4-3-5-7-16/h2-11,18,21H,1,12-15H2,(H,22,24)/t18-/m1/s1. The number of hydrogen-bond acceptors (Lipinski definition) is 4. The van der Waals surface area contributed by atoms with Crippen molar-refractivity contribution < 1.29 is 13.2 Å². The van der Waals surface area contributed by atoms with Gasteiger partial charge in [0.05, 0.1) is 4.90 Å². The molecule has 3 rings (SSSR count). The fraction of sp³-hybridized carbons (Fsp3) is 0.250. The van der Waals surface area contributed by atoms with E-state index in [9.17, 15) is 13.2 Å². The lowest BCUT2D eigenvalue weighted by atomic mass is 10.1. The van der Waals surface area contributed by atoms with Crippen molar-refractivity contribution in [3.63, 3.8) is 0 Å². The van der Waals surface area contributed by atoms with Crippen molar-refractivity contribution in [2.75, 3.05) is 25.0 Å². The second-order valence-corrected chi connectivity index (χ2v) is 8.36. The maximum atomic E-state index is 13.0. The third-order valence-corrected chi connectivity index (χ3v) is 6.37. The predicted molar refractivity (Wildman–Crippen MR) is 106 cm³/mol. The molecule has 0 saturated carbocycles. The molecular weight excluding hydrogens is 362 g/mol. The predicted octanol–water partition coefficient (Wildman–Crippen LogP) is 2.02. The van der Waals surface area contributed by atoms with Gasteiger partial charge in [-0.1, -0.05) is 36.9 Å². The molecule has 1 fully saturated rings. The van der Waals surface area contributed by atoms with Crippen LogP contribution in [-0.2, 0) is 21.2 Å². The number of amides is 1. The molecule has 0 aromatic heterocycles. The van der Waals surface area contributed by atoms with Gasteiger partial charge in [0.2, 0.25) is 15.9 Å². The molecule has 2 aromatic rings. The van der Waals surface area contributed by atoms with Crippen LogP contribution in [0.5, 0.6) is 0 Å². The summed E-state index contributed by atoms with van der Waals surface area (Å²) in [5.41, 5.74) is 1.71. The van der Waals surface area contributed by atoms with Gasteiger partial charge in [-0.25, -0.2) is 8.42 Å². The smallest absolute Gasteiger partial charge is 0.247 e. The zero-order valence-corrected chi connectivity index (χ0v) is 15.8. The fourth-order valence-corrected chi connectivity index (χ4v) is 4.59. The number of benzene rings is 2. The SMILES string of the molecule is C=CC(=O)Nc1ccc(S(=O)(=O)N2CCN[C@H](Cc3ccccc3)C2)cc1. The largest absolute Gasteiger partial charge is 0.323 e. The normalized spacial score (nSPS) is 18.0. The molecule has 1 aliphatic rings. The van der Waals surface area contributed by atoms with Crippen LogP contribution in [0.25, 0.3) is 0 Å². The molecule has 0 radical (unpaired) electrons. The Bertz CT molecular complexity index is 896. The molecule has 2 N–H and O–H groups in total. The van der Waals surface area contributed by atoms with E-state index < -0.39 is 10.0 Å². The van der Waals surface area contributed by atoms with E-state index in [-0.39, 0.29) is 16.8 Å². The average Bonchev–Trinajstić information content (AvgIpc) is 2.69. The number of nitrogens with zero attached hydrogens (tertiary/aromatic N) is 1. The van der Waals surface area contributed by atoms with Crippen LogP contribution in [0.3, 0.4) is 0 Å². The van der Waals surface area contributed by atoms with Gasteiger partial charge in [0.25, 0.3) is 0 Å². The lowest BCUT2D eigenvalue weighted by Gasteiger charge is -2.33. The lowest BCUT2D eigenvalue weighted by molar-refractivity contribution is -0.111. The molecule has 1 aliphatic heterocycles. The zero-order chi connectivity index (χ0) is 19.3. The number of carbonyl (C=O) groups is 1. The monoisotopic (exact) mass is 385 g/mol. The molecule has 142 valence electrons. The van der Waals surface area contributed by atoms with Crippen LogP contribution >= 0.6 is 0 Å². The first-order valence-electron chi connectivity index (χ1n) is 8.80. The lowest BCUT2D eigenvalue weighted by Crippen LogP contribution is -2.53. The van der Waals surface area contributed by atoms with Crippen molar-refractivity contribution in [1.82, 2.24) is 9.62 Å². The molecule has 0 bridgehead atoms. The van der Waals surface area contributed by atoms with E-state index >= 15 is 0 Å². The average molecular weight is 385 g/mol. The Morgan fingerprint density at radius 1 is 1.19 bits per heavy atom. The van der Waals surface area contributed by atoms with E-state index in [1.807, 2.05) is 30.3 Å². The molecule has 0 aliphatic carbocycles. The van der Waals surface area contributed by atoms with Crippen LogP contribution < -0.4 is 10.6 Å². The zero-order valence-electron chi connectivity index (χ0n) is 15.0. The molecule has 1 saturated heterocycles. The Kier molecular flexibility index (Phi) is 6.05. The molecule has 1 heterocycles. The molecule has 6 nitrogen and oxygen atoms in total. The summed E-state index contributed by atoms with van der Waals surface area (Å²) in [4.78, 5) is 11.6. The van der Waals surface area contributed by atoms with Crippen molar-refractivity contribution in [2.24, 2.45) is 0 Å². The Morgan fingerprint density at radius 2 is 1.89 bits per heavy atom. The molecule has 0 spiro atoms. The van der Waals surface area contributed by atoms with Crippen LogP contribution in [0.1, 0.15) is 5.56 Å². The van der Waals surface area contributed by atoms with E-state index in [2.05, 4.69) is 17.2 Å². The van der Waals surface area contributed by atoms with Crippen molar-refractivity contribution in [3.05, 3.63) is 72.8 Å². The van der Waals surface area contributed by atoms with Crippen LogP contribution in [0.4, 0.5) is 5.69 Å². The number of carbonyl (C=O) groups excluding carboxylic acids is 1. The molecule has 27 heavy (non-hydrogen) atoms. The van der Waals surface area contributed by atoms with E-state index in [0.29, 0.717) is 25.3 Å². The van der Waals surface area contributed by atoms with Gasteiger partial charge in [0.15, 0.2) is 0 Å². The highest BCUT2D eigenvalue weighted by molar-refractivity contribution is 7.89. The summed E-state index contributed by atoms with van der Waals surface area (Å²) < 4.78 is 27.5. The van der Waals surface area contributed by atoms with Crippen LogP contribution in [0.15, 0.2) is 72.1 Å².